The highest BCUT2D eigenvalue weighted by Gasteiger charge is 2.08. The fraction of sp³-hybridized carbons (Fsp3) is 0.500. The average molecular weight is 288 g/mol. The molecular weight excluding hydrogens is 264 g/mol. The first-order chi connectivity index (χ1) is 10.1. The van der Waals surface area contributed by atoms with Crippen LogP contribution in [0.4, 0.5) is 0 Å². The molecule has 114 valence electrons. The van der Waals surface area contributed by atoms with Crippen LogP contribution < -0.4 is 11.1 Å². The molecule has 0 aliphatic carbocycles. The number of carbonyl (C=O) groups excluding carboxylic acids is 1. The molecule has 0 aliphatic rings. The monoisotopic (exact) mass is 288 g/mol. The molecule has 1 aromatic heterocycles. The molecule has 3 N–H and O–H groups in total. The van der Waals surface area contributed by atoms with Crippen molar-refractivity contribution in [3.8, 4) is 0 Å². The molecule has 1 unspecified atom stereocenters. The Morgan fingerprint density at radius 2 is 2.19 bits per heavy atom. The van der Waals surface area contributed by atoms with E-state index >= 15 is 0 Å². The molecule has 0 aliphatic heterocycles. The number of para-hydroxylation sites is 2. The molecule has 1 atom stereocenters. The average Bonchev–Trinajstić information content (AvgIpc) is 2.81. The van der Waals surface area contributed by atoms with E-state index in [1.54, 1.807) is 0 Å². The van der Waals surface area contributed by atoms with Gasteiger partial charge in [0.1, 0.15) is 5.82 Å². The van der Waals surface area contributed by atoms with E-state index in [0.717, 1.165) is 29.8 Å². The third-order valence-corrected chi connectivity index (χ3v) is 3.77. The summed E-state index contributed by atoms with van der Waals surface area (Å²) in [5, 5.41) is 2.96. The Kier molecular flexibility index (Phi) is 5.33. The number of nitrogens with one attached hydrogen (secondary N) is 1. The van der Waals surface area contributed by atoms with Gasteiger partial charge in [0, 0.05) is 19.5 Å². The zero-order chi connectivity index (χ0) is 15.2. The van der Waals surface area contributed by atoms with Crippen LogP contribution in [0.15, 0.2) is 24.3 Å². The standard InChI is InChI=1S/C16H24N4O/c1-12(11-17)7-8-16(21)18-9-10-20-13(2)19-14-5-3-4-6-15(14)20/h3-6,12H,7-11,17H2,1-2H3,(H,18,21). The number of benzene rings is 1. The minimum absolute atomic E-state index is 0.0948. The number of aryl methyl sites for hydroxylation is 1. The maximum absolute atomic E-state index is 11.8. The van der Waals surface area contributed by atoms with Gasteiger partial charge in [0.2, 0.25) is 5.91 Å². The maximum atomic E-state index is 11.8. The minimum atomic E-state index is 0.0948. The SMILES string of the molecule is Cc1nc2ccccc2n1CCNC(=O)CCC(C)CN. The second kappa shape index (κ2) is 7.22. The number of hydrogen-bond donors (Lipinski definition) is 2. The van der Waals surface area contributed by atoms with Crippen molar-refractivity contribution < 1.29 is 4.79 Å². The van der Waals surface area contributed by atoms with Gasteiger partial charge in [0.25, 0.3) is 0 Å². The molecule has 0 bridgehead atoms. The lowest BCUT2D eigenvalue weighted by atomic mass is 10.1. The predicted octanol–water partition coefficient (Wildman–Crippen LogP) is 1.84. The first-order valence-corrected chi connectivity index (χ1v) is 7.50. The summed E-state index contributed by atoms with van der Waals surface area (Å²) in [6.07, 6.45) is 1.39. The number of nitrogens with two attached hydrogens (primary N) is 1. The summed E-state index contributed by atoms with van der Waals surface area (Å²) in [4.78, 5) is 16.3. The van der Waals surface area contributed by atoms with Gasteiger partial charge >= 0.3 is 0 Å². The van der Waals surface area contributed by atoms with Crippen LogP contribution in [0.25, 0.3) is 11.0 Å². The third kappa shape index (κ3) is 4.04. The van der Waals surface area contributed by atoms with Crippen molar-refractivity contribution in [1.82, 2.24) is 14.9 Å². The Morgan fingerprint density at radius 3 is 2.95 bits per heavy atom. The number of imidazole rings is 1. The lowest BCUT2D eigenvalue weighted by Crippen LogP contribution is -2.28. The molecule has 2 rings (SSSR count). The highest BCUT2D eigenvalue weighted by atomic mass is 16.1. The highest BCUT2D eigenvalue weighted by Crippen LogP contribution is 2.14. The van der Waals surface area contributed by atoms with Crippen molar-refractivity contribution in [2.24, 2.45) is 11.7 Å². The van der Waals surface area contributed by atoms with E-state index in [9.17, 15) is 4.79 Å². The number of hydrogen-bond acceptors (Lipinski definition) is 3. The summed E-state index contributed by atoms with van der Waals surface area (Å²) in [6.45, 7) is 6.05. The van der Waals surface area contributed by atoms with E-state index in [1.807, 2.05) is 25.1 Å². The summed E-state index contributed by atoms with van der Waals surface area (Å²) < 4.78 is 2.14. The number of carbonyl (C=O) groups is 1. The van der Waals surface area contributed by atoms with Crippen molar-refractivity contribution in [3.05, 3.63) is 30.1 Å². The Bertz CT molecular complexity index is 605. The zero-order valence-electron chi connectivity index (χ0n) is 12.8. The highest BCUT2D eigenvalue weighted by molar-refractivity contribution is 5.76. The maximum Gasteiger partial charge on any atom is 0.220 e. The molecule has 1 aromatic carbocycles. The van der Waals surface area contributed by atoms with Gasteiger partial charge in [0.15, 0.2) is 0 Å². The first-order valence-electron chi connectivity index (χ1n) is 7.50. The van der Waals surface area contributed by atoms with Gasteiger partial charge in [0.05, 0.1) is 11.0 Å². The molecule has 1 amide bonds. The molecule has 0 spiro atoms. The number of rotatable bonds is 7. The van der Waals surface area contributed by atoms with E-state index in [-0.39, 0.29) is 5.91 Å². The smallest absolute Gasteiger partial charge is 0.220 e. The van der Waals surface area contributed by atoms with Crippen molar-refractivity contribution in [2.75, 3.05) is 13.1 Å². The summed E-state index contributed by atoms with van der Waals surface area (Å²) in [7, 11) is 0. The molecule has 21 heavy (non-hydrogen) atoms. The lowest BCUT2D eigenvalue weighted by Gasteiger charge is -2.10. The first kappa shape index (κ1) is 15.5. The molecule has 0 fully saturated rings. The fourth-order valence-electron chi connectivity index (χ4n) is 2.37. The van der Waals surface area contributed by atoms with Crippen LogP contribution in [0, 0.1) is 12.8 Å². The Labute approximate surface area is 125 Å². The topological polar surface area (TPSA) is 72.9 Å². The number of amides is 1. The Morgan fingerprint density at radius 1 is 1.43 bits per heavy atom. The van der Waals surface area contributed by atoms with Crippen LogP contribution in [0.1, 0.15) is 25.6 Å². The van der Waals surface area contributed by atoms with Crippen LogP contribution in [0.5, 0.6) is 0 Å². The normalized spacial score (nSPS) is 12.5. The van der Waals surface area contributed by atoms with Gasteiger partial charge in [-0.25, -0.2) is 4.98 Å². The van der Waals surface area contributed by atoms with Crippen LogP contribution in [-0.4, -0.2) is 28.5 Å². The largest absolute Gasteiger partial charge is 0.354 e. The van der Waals surface area contributed by atoms with Crippen LogP contribution in [-0.2, 0) is 11.3 Å². The number of nitrogens with zero attached hydrogens (tertiary/aromatic N) is 2. The van der Waals surface area contributed by atoms with E-state index in [0.29, 0.717) is 25.4 Å². The third-order valence-electron chi connectivity index (χ3n) is 3.77. The second-order valence-electron chi connectivity index (χ2n) is 5.53. The van der Waals surface area contributed by atoms with Crippen LogP contribution >= 0.6 is 0 Å². The van der Waals surface area contributed by atoms with Gasteiger partial charge in [-0.3, -0.25) is 4.79 Å². The Hall–Kier alpha value is -1.88. The fourth-order valence-corrected chi connectivity index (χ4v) is 2.37. The molecule has 0 saturated heterocycles. The van der Waals surface area contributed by atoms with Gasteiger partial charge in [-0.1, -0.05) is 19.1 Å². The van der Waals surface area contributed by atoms with Crippen molar-refractivity contribution in [2.45, 2.75) is 33.2 Å². The van der Waals surface area contributed by atoms with E-state index in [1.165, 1.54) is 0 Å². The van der Waals surface area contributed by atoms with E-state index < -0.39 is 0 Å². The predicted molar refractivity (Wildman–Crippen MR) is 84.9 cm³/mol. The molecule has 2 aromatic rings. The number of aromatic nitrogens is 2. The van der Waals surface area contributed by atoms with Crippen molar-refractivity contribution in [3.63, 3.8) is 0 Å². The van der Waals surface area contributed by atoms with Crippen molar-refractivity contribution in [1.29, 1.82) is 0 Å². The van der Waals surface area contributed by atoms with Crippen LogP contribution in [0.2, 0.25) is 0 Å². The molecule has 0 radical (unpaired) electrons. The van der Waals surface area contributed by atoms with E-state index in [4.69, 9.17) is 5.73 Å². The summed E-state index contributed by atoms with van der Waals surface area (Å²) in [5.41, 5.74) is 7.66. The lowest BCUT2D eigenvalue weighted by molar-refractivity contribution is -0.121. The van der Waals surface area contributed by atoms with Crippen LogP contribution in [0.3, 0.4) is 0 Å². The molecule has 1 heterocycles. The minimum Gasteiger partial charge on any atom is -0.354 e. The van der Waals surface area contributed by atoms with Gasteiger partial charge in [-0.05, 0) is 37.9 Å². The van der Waals surface area contributed by atoms with Gasteiger partial charge in [-0.2, -0.15) is 0 Å². The summed E-state index contributed by atoms with van der Waals surface area (Å²) >= 11 is 0. The second-order valence-corrected chi connectivity index (χ2v) is 5.53. The van der Waals surface area contributed by atoms with Crippen molar-refractivity contribution >= 4 is 16.9 Å². The Balaban J connectivity index is 1.85. The zero-order valence-corrected chi connectivity index (χ0v) is 12.8. The molecular formula is C16H24N4O. The number of fused-ring (bicyclic) bond motifs is 1. The quantitative estimate of drug-likeness (QED) is 0.816. The molecule has 5 heteroatoms. The summed E-state index contributed by atoms with van der Waals surface area (Å²) in [5.74, 6) is 1.47. The van der Waals surface area contributed by atoms with Gasteiger partial charge in [-0.15, -0.1) is 0 Å². The van der Waals surface area contributed by atoms with E-state index in [2.05, 4.69) is 27.9 Å². The van der Waals surface area contributed by atoms with Gasteiger partial charge < -0.3 is 15.6 Å². The molecule has 0 saturated carbocycles. The summed E-state index contributed by atoms with van der Waals surface area (Å²) in [6, 6.07) is 8.05. The molecule has 5 nitrogen and oxygen atoms in total.